The highest BCUT2D eigenvalue weighted by atomic mass is 16.5. The van der Waals surface area contributed by atoms with Gasteiger partial charge in [0.05, 0.1) is 26.4 Å². The zero-order valence-electron chi connectivity index (χ0n) is 17.8. The zero-order valence-corrected chi connectivity index (χ0v) is 17.8. The van der Waals surface area contributed by atoms with Gasteiger partial charge < -0.3 is 9.47 Å². The number of ether oxygens (including phenoxy) is 2. The molecular weight excluding hydrogens is 312 g/mol. The van der Waals surface area contributed by atoms with Crippen LogP contribution in [-0.4, -0.2) is 73.5 Å². The molecule has 4 heteroatoms. The Labute approximate surface area is 157 Å². The van der Waals surface area contributed by atoms with Crippen LogP contribution in [0.2, 0.25) is 0 Å². The van der Waals surface area contributed by atoms with Crippen molar-refractivity contribution in [3.05, 3.63) is 0 Å². The van der Waals surface area contributed by atoms with Gasteiger partial charge in [0.1, 0.15) is 0 Å². The molecule has 1 unspecified atom stereocenters. The number of rotatable bonds is 13. The summed E-state index contributed by atoms with van der Waals surface area (Å²) in [5.74, 6) is 0. The lowest BCUT2D eigenvalue weighted by Crippen LogP contribution is -2.48. The van der Waals surface area contributed by atoms with Gasteiger partial charge in [0.2, 0.25) is 0 Å². The Morgan fingerprint density at radius 1 is 0.840 bits per heavy atom. The smallest absolute Gasteiger partial charge is 0.0701 e. The van der Waals surface area contributed by atoms with Gasteiger partial charge in [0.15, 0.2) is 0 Å². The molecule has 0 aromatic carbocycles. The number of hydrogen-bond donors (Lipinski definition) is 0. The second-order valence-corrected chi connectivity index (χ2v) is 8.09. The number of likely N-dealkylation sites (N-methyl/N-ethyl adjacent to an activating group) is 1. The monoisotopic (exact) mass is 356 g/mol. The summed E-state index contributed by atoms with van der Waals surface area (Å²) in [6, 6.07) is 2.42. The van der Waals surface area contributed by atoms with Crippen molar-refractivity contribution >= 4 is 0 Å². The van der Waals surface area contributed by atoms with Crippen LogP contribution in [0.4, 0.5) is 0 Å². The lowest BCUT2D eigenvalue weighted by atomic mass is 9.92. The standard InChI is InChI=1S/C21H44N2O2/c1-7-22(18(2)3)13-14-24-15-16-25-17-20(6)23(19(4)5)21-11-9-8-10-12-21/h18-21H,7-17H2,1-6H3. The molecule has 0 aromatic rings. The van der Waals surface area contributed by atoms with Crippen LogP contribution >= 0.6 is 0 Å². The molecule has 0 aliphatic heterocycles. The molecule has 0 heterocycles. The van der Waals surface area contributed by atoms with Crippen molar-refractivity contribution in [1.29, 1.82) is 0 Å². The van der Waals surface area contributed by atoms with Gasteiger partial charge in [-0.1, -0.05) is 26.2 Å². The largest absolute Gasteiger partial charge is 0.378 e. The van der Waals surface area contributed by atoms with Crippen LogP contribution in [0.15, 0.2) is 0 Å². The van der Waals surface area contributed by atoms with Gasteiger partial charge in [-0.2, -0.15) is 0 Å². The molecule has 0 radical (unpaired) electrons. The normalized spacial score (nSPS) is 18.0. The maximum atomic E-state index is 5.92. The molecule has 1 atom stereocenters. The summed E-state index contributed by atoms with van der Waals surface area (Å²) in [4.78, 5) is 5.11. The molecule has 1 fully saturated rings. The molecule has 150 valence electrons. The Morgan fingerprint density at radius 2 is 1.48 bits per heavy atom. The van der Waals surface area contributed by atoms with Crippen molar-refractivity contribution in [1.82, 2.24) is 9.80 Å². The summed E-state index contributed by atoms with van der Waals surface area (Å²) >= 11 is 0. The highest BCUT2D eigenvalue weighted by Crippen LogP contribution is 2.26. The lowest BCUT2D eigenvalue weighted by molar-refractivity contribution is -0.00690. The first-order chi connectivity index (χ1) is 12.0. The Morgan fingerprint density at radius 3 is 2.04 bits per heavy atom. The summed E-state index contributed by atoms with van der Waals surface area (Å²) in [7, 11) is 0. The third kappa shape index (κ3) is 8.85. The summed E-state index contributed by atoms with van der Waals surface area (Å²) in [5, 5.41) is 0. The van der Waals surface area contributed by atoms with Gasteiger partial charge in [-0.3, -0.25) is 9.80 Å². The molecule has 0 saturated heterocycles. The molecule has 1 aliphatic rings. The van der Waals surface area contributed by atoms with E-state index in [2.05, 4.69) is 51.3 Å². The van der Waals surface area contributed by atoms with E-state index >= 15 is 0 Å². The topological polar surface area (TPSA) is 24.9 Å². The molecule has 0 bridgehead atoms. The quantitative estimate of drug-likeness (QED) is 0.462. The van der Waals surface area contributed by atoms with Crippen LogP contribution in [0.3, 0.4) is 0 Å². The van der Waals surface area contributed by atoms with E-state index in [-0.39, 0.29) is 0 Å². The molecular formula is C21H44N2O2. The van der Waals surface area contributed by atoms with Crippen molar-refractivity contribution < 1.29 is 9.47 Å². The average molecular weight is 357 g/mol. The molecule has 0 aromatic heterocycles. The predicted octanol–water partition coefficient (Wildman–Crippen LogP) is 4.18. The Balaban J connectivity index is 2.16. The van der Waals surface area contributed by atoms with Crippen LogP contribution in [0.1, 0.15) is 73.6 Å². The summed E-state index contributed by atoms with van der Waals surface area (Å²) in [6.45, 7) is 18.7. The summed E-state index contributed by atoms with van der Waals surface area (Å²) < 4.78 is 11.7. The molecule has 25 heavy (non-hydrogen) atoms. The van der Waals surface area contributed by atoms with E-state index in [4.69, 9.17) is 9.47 Å². The van der Waals surface area contributed by atoms with Crippen LogP contribution < -0.4 is 0 Å². The molecule has 1 aliphatic carbocycles. The fourth-order valence-electron chi connectivity index (χ4n) is 4.19. The van der Waals surface area contributed by atoms with Gasteiger partial charge in [-0.25, -0.2) is 0 Å². The van der Waals surface area contributed by atoms with E-state index in [9.17, 15) is 0 Å². The van der Waals surface area contributed by atoms with Crippen LogP contribution in [-0.2, 0) is 9.47 Å². The van der Waals surface area contributed by atoms with Crippen molar-refractivity contribution in [3.63, 3.8) is 0 Å². The fourth-order valence-corrected chi connectivity index (χ4v) is 4.19. The van der Waals surface area contributed by atoms with E-state index < -0.39 is 0 Å². The second kappa shape index (κ2) is 13.1. The van der Waals surface area contributed by atoms with Crippen molar-refractivity contribution in [2.24, 2.45) is 0 Å². The summed E-state index contributed by atoms with van der Waals surface area (Å²) in [6.07, 6.45) is 6.91. The predicted molar refractivity (Wildman–Crippen MR) is 107 cm³/mol. The number of nitrogens with zero attached hydrogens (tertiary/aromatic N) is 2. The maximum absolute atomic E-state index is 5.92. The van der Waals surface area contributed by atoms with Gasteiger partial charge in [-0.15, -0.1) is 0 Å². The van der Waals surface area contributed by atoms with Gasteiger partial charge >= 0.3 is 0 Å². The third-order valence-corrected chi connectivity index (χ3v) is 5.49. The molecule has 0 spiro atoms. The van der Waals surface area contributed by atoms with E-state index in [0.717, 1.165) is 32.3 Å². The van der Waals surface area contributed by atoms with Crippen molar-refractivity contribution in [3.8, 4) is 0 Å². The van der Waals surface area contributed by atoms with E-state index in [1.54, 1.807) is 0 Å². The highest BCUT2D eigenvalue weighted by Gasteiger charge is 2.27. The molecule has 0 amide bonds. The Hall–Kier alpha value is -0.160. The molecule has 1 saturated carbocycles. The van der Waals surface area contributed by atoms with Crippen molar-refractivity contribution in [2.45, 2.75) is 97.8 Å². The average Bonchev–Trinajstić information content (AvgIpc) is 2.57. The maximum Gasteiger partial charge on any atom is 0.0701 e. The van der Waals surface area contributed by atoms with Crippen LogP contribution in [0, 0.1) is 0 Å². The Bertz CT molecular complexity index is 317. The first kappa shape index (κ1) is 22.9. The zero-order chi connectivity index (χ0) is 18.7. The SMILES string of the molecule is CCN(CCOCCOCC(C)N(C(C)C)C1CCCCC1)C(C)C. The second-order valence-electron chi connectivity index (χ2n) is 8.09. The van der Waals surface area contributed by atoms with Gasteiger partial charge in [-0.05, 0) is 54.0 Å². The van der Waals surface area contributed by atoms with E-state index in [1.807, 2.05) is 0 Å². The van der Waals surface area contributed by atoms with Crippen LogP contribution in [0.5, 0.6) is 0 Å². The minimum Gasteiger partial charge on any atom is -0.378 e. The van der Waals surface area contributed by atoms with Crippen molar-refractivity contribution in [2.75, 3.05) is 39.5 Å². The molecule has 0 N–H and O–H groups in total. The highest BCUT2D eigenvalue weighted by molar-refractivity contribution is 4.82. The molecule has 4 nitrogen and oxygen atoms in total. The minimum atomic E-state index is 0.486. The minimum absolute atomic E-state index is 0.486. The number of hydrogen-bond acceptors (Lipinski definition) is 4. The van der Waals surface area contributed by atoms with E-state index in [0.29, 0.717) is 31.3 Å². The fraction of sp³-hybridized carbons (Fsp3) is 1.00. The first-order valence-electron chi connectivity index (χ1n) is 10.6. The lowest BCUT2D eigenvalue weighted by Gasteiger charge is -2.41. The van der Waals surface area contributed by atoms with Gasteiger partial charge in [0, 0.05) is 30.7 Å². The third-order valence-electron chi connectivity index (χ3n) is 5.49. The molecule has 1 rings (SSSR count). The van der Waals surface area contributed by atoms with Gasteiger partial charge in [0.25, 0.3) is 0 Å². The summed E-state index contributed by atoms with van der Waals surface area (Å²) in [5.41, 5.74) is 0. The Kier molecular flexibility index (Phi) is 12.0. The first-order valence-corrected chi connectivity index (χ1v) is 10.6. The van der Waals surface area contributed by atoms with E-state index in [1.165, 1.54) is 32.1 Å². The van der Waals surface area contributed by atoms with Crippen LogP contribution in [0.25, 0.3) is 0 Å².